The van der Waals surface area contributed by atoms with Crippen molar-refractivity contribution in [1.82, 2.24) is 0 Å². The number of unbranched alkanes of at least 4 members (excludes halogenated alkanes) is 31. The summed E-state index contributed by atoms with van der Waals surface area (Å²) in [5, 5.41) is 0. The molecular weight excluding hydrogens is 532 g/mol. The molecule has 266 valence electrons. The average Bonchev–Trinajstić information content (AvgIpc) is 3.01. The van der Waals surface area contributed by atoms with Crippen LogP contribution in [0.1, 0.15) is 258 Å². The summed E-state index contributed by atoms with van der Waals surface area (Å²) in [5.41, 5.74) is 13.2. The molecule has 0 aromatic rings. The standard InChI is InChI=1S/C42H88N2/c1-4-7-10-12-14-16-18-20-22-24-26-28-30-32-34-36-39-41(38-9-6-3)42(43,44)40-37-35-33-31-29-27-25-23-21-19-17-15-13-11-8-5-2/h41H,4-40,43-44H2,1-3H3. The maximum absolute atomic E-state index is 6.81. The van der Waals surface area contributed by atoms with E-state index >= 15 is 0 Å². The zero-order valence-corrected chi connectivity index (χ0v) is 31.4. The molecule has 0 bridgehead atoms. The van der Waals surface area contributed by atoms with Crippen molar-refractivity contribution in [3.8, 4) is 0 Å². The Balaban J connectivity index is 3.71. The minimum Gasteiger partial charge on any atom is -0.313 e. The smallest absolute Gasteiger partial charge is 0.0665 e. The molecule has 0 saturated carbocycles. The average molecular weight is 621 g/mol. The molecule has 0 aromatic heterocycles. The van der Waals surface area contributed by atoms with Crippen LogP contribution in [0.5, 0.6) is 0 Å². The van der Waals surface area contributed by atoms with Crippen LogP contribution in [-0.4, -0.2) is 5.66 Å². The van der Waals surface area contributed by atoms with Crippen LogP contribution < -0.4 is 11.5 Å². The Bertz CT molecular complexity index is 516. The van der Waals surface area contributed by atoms with E-state index in [9.17, 15) is 0 Å². The van der Waals surface area contributed by atoms with Crippen LogP contribution in [0, 0.1) is 5.92 Å². The SMILES string of the molecule is CCCCCCCCCCCCCCCCCCC(CCCC)C(N)(N)CCCCCCCCCCCCCCCCCC. The highest BCUT2D eigenvalue weighted by atomic mass is 15.0. The summed E-state index contributed by atoms with van der Waals surface area (Å²) in [6.07, 6.45) is 51.5. The minimum atomic E-state index is -0.458. The number of hydrogen-bond acceptors (Lipinski definition) is 2. The third-order valence-corrected chi connectivity index (χ3v) is 10.5. The molecule has 0 fully saturated rings. The topological polar surface area (TPSA) is 52.0 Å². The first-order valence-electron chi connectivity index (χ1n) is 21.2. The molecule has 0 heterocycles. The van der Waals surface area contributed by atoms with Gasteiger partial charge in [-0.15, -0.1) is 0 Å². The van der Waals surface area contributed by atoms with Gasteiger partial charge in [0.15, 0.2) is 0 Å². The van der Waals surface area contributed by atoms with E-state index in [2.05, 4.69) is 20.8 Å². The molecule has 0 saturated heterocycles. The zero-order valence-electron chi connectivity index (χ0n) is 31.4. The second kappa shape index (κ2) is 35.8. The first-order valence-corrected chi connectivity index (χ1v) is 21.2. The molecule has 1 unspecified atom stereocenters. The van der Waals surface area contributed by atoms with Crippen LogP contribution in [0.3, 0.4) is 0 Å². The summed E-state index contributed by atoms with van der Waals surface area (Å²) in [4.78, 5) is 0. The van der Waals surface area contributed by atoms with Gasteiger partial charge in [-0.25, -0.2) is 0 Å². The lowest BCUT2D eigenvalue weighted by Crippen LogP contribution is -2.55. The van der Waals surface area contributed by atoms with Crippen LogP contribution in [-0.2, 0) is 0 Å². The van der Waals surface area contributed by atoms with E-state index in [4.69, 9.17) is 11.5 Å². The first-order chi connectivity index (χ1) is 21.6. The predicted octanol–water partition coefficient (Wildman–Crippen LogP) is 14.7. The van der Waals surface area contributed by atoms with Crippen LogP contribution in [0.15, 0.2) is 0 Å². The lowest BCUT2D eigenvalue weighted by Gasteiger charge is -2.34. The molecule has 1 atom stereocenters. The highest BCUT2D eigenvalue weighted by Crippen LogP contribution is 2.28. The maximum atomic E-state index is 6.81. The fourth-order valence-corrected chi connectivity index (χ4v) is 7.25. The molecule has 4 N–H and O–H groups in total. The van der Waals surface area contributed by atoms with Crippen molar-refractivity contribution in [2.45, 2.75) is 264 Å². The number of hydrogen-bond donors (Lipinski definition) is 2. The second-order valence-corrected chi connectivity index (χ2v) is 15.1. The molecule has 0 aliphatic rings. The normalized spacial score (nSPS) is 12.8. The summed E-state index contributed by atoms with van der Waals surface area (Å²) in [6.45, 7) is 6.91. The Hall–Kier alpha value is -0.0800. The molecule has 0 aliphatic heterocycles. The van der Waals surface area contributed by atoms with Crippen molar-refractivity contribution < 1.29 is 0 Å². The molecule has 0 aliphatic carbocycles. The molecule has 0 spiro atoms. The molecule has 0 amide bonds. The molecule has 2 nitrogen and oxygen atoms in total. The van der Waals surface area contributed by atoms with Crippen molar-refractivity contribution in [1.29, 1.82) is 0 Å². The zero-order chi connectivity index (χ0) is 32.2. The van der Waals surface area contributed by atoms with E-state index in [-0.39, 0.29) is 0 Å². The summed E-state index contributed by atoms with van der Waals surface area (Å²) in [5.74, 6) is 0.505. The molecule has 44 heavy (non-hydrogen) atoms. The molecule has 0 rings (SSSR count). The summed E-state index contributed by atoms with van der Waals surface area (Å²) >= 11 is 0. The Labute approximate surface area is 280 Å². The Morgan fingerprint density at radius 3 is 0.818 bits per heavy atom. The Morgan fingerprint density at radius 2 is 0.523 bits per heavy atom. The summed E-state index contributed by atoms with van der Waals surface area (Å²) in [7, 11) is 0. The second-order valence-electron chi connectivity index (χ2n) is 15.1. The van der Waals surface area contributed by atoms with Gasteiger partial charge in [0.05, 0.1) is 5.66 Å². The van der Waals surface area contributed by atoms with E-state index in [1.807, 2.05) is 0 Å². The van der Waals surface area contributed by atoms with Gasteiger partial charge in [0, 0.05) is 0 Å². The van der Waals surface area contributed by atoms with Crippen molar-refractivity contribution in [3.63, 3.8) is 0 Å². The third-order valence-electron chi connectivity index (χ3n) is 10.5. The first kappa shape index (κ1) is 43.9. The van der Waals surface area contributed by atoms with Crippen LogP contribution >= 0.6 is 0 Å². The molecule has 2 heteroatoms. The lowest BCUT2D eigenvalue weighted by atomic mass is 9.81. The maximum Gasteiger partial charge on any atom is 0.0665 e. The van der Waals surface area contributed by atoms with Gasteiger partial charge < -0.3 is 11.5 Å². The van der Waals surface area contributed by atoms with E-state index in [0.29, 0.717) is 5.92 Å². The minimum absolute atomic E-state index is 0.458. The van der Waals surface area contributed by atoms with Crippen LogP contribution in [0.25, 0.3) is 0 Å². The van der Waals surface area contributed by atoms with Gasteiger partial charge in [-0.2, -0.15) is 0 Å². The van der Waals surface area contributed by atoms with E-state index in [0.717, 1.165) is 6.42 Å². The van der Waals surface area contributed by atoms with Crippen molar-refractivity contribution >= 4 is 0 Å². The van der Waals surface area contributed by atoms with Gasteiger partial charge in [0.1, 0.15) is 0 Å². The highest BCUT2D eigenvalue weighted by Gasteiger charge is 2.29. The van der Waals surface area contributed by atoms with Crippen molar-refractivity contribution in [2.75, 3.05) is 0 Å². The van der Waals surface area contributed by atoms with Gasteiger partial charge in [-0.3, -0.25) is 0 Å². The Kier molecular flexibility index (Phi) is 35.7. The highest BCUT2D eigenvalue weighted by molar-refractivity contribution is 4.85. The largest absolute Gasteiger partial charge is 0.313 e. The van der Waals surface area contributed by atoms with Crippen LogP contribution in [0.4, 0.5) is 0 Å². The summed E-state index contributed by atoms with van der Waals surface area (Å²) in [6, 6.07) is 0. The molecular formula is C42H88N2. The van der Waals surface area contributed by atoms with Gasteiger partial charge in [0.25, 0.3) is 0 Å². The third kappa shape index (κ3) is 31.9. The van der Waals surface area contributed by atoms with Crippen LogP contribution in [0.2, 0.25) is 0 Å². The fraction of sp³-hybridized carbons (Fsp3) is 1.00. The Morgan fingerprint density at radius 1 is 0.295 bits per heavy atom. The van der Waals surface area contributed by atoms with Crippen molar-refractivity contribution in [2.24, 2.45) is 17.4 Å². The lowest BCUT2D eigenvalue weighted by molar-refractivity contribution is 0.215. The van der Waals surface area contributed by atoms with E-state index in [1.165, 1.54) is 231 Å². The quantitative estimate of drug-likeness (QED) is 0.0533. The van der Waals surface area contributed by atoms with E-state index < -0.39 is 5.66 Å². The number of rotatable bonds is 38. The van der Waals surface area contributed by atoms with Crippen molar-refractivity contribution in [3.05, 3.63) is 0 Å². The molecule has 0 aromatic carbocycles. The van der Waals surface area contributed by atoms with E-state index in [1.54, 1.807) is 0 Å². The van der Waals surface area contributed by atoms with Gasteiger partial charge >= 0.3 is 0 Å². The van der Waals surface area contributed by atoms with Gasteiger partial charge in [0.2, 0.25) is 0 Å². The number of nitrogens with two attached hydrogens (primary N) is 2. The predicted molar refractivity (Wildman–Crippen MR) is 202 cm³/mol. The molecule has 0 radical (unpaired) electrons. The monoisotopic (exact) mass is 621 g/mol. The fourth-order valence-electron chi connectivity index (χ4n) is 7.25. The van der Waals surface area contributed by atoms with Gasteiger partial charge in [-0.05, 0) is 25.2 Å². The van der Waals surface area contributed by atoms with Gasteiger partial charge in [-0.1, -0.05) is 239 Å². The summed E-state index contributed by atoms with van der Waals surface area (Å²) < 4.78 is 0.